The minimum Gasteiger partial charge on any atom is -0.493 e. The number of anilines is 1. The number of nitrogens with zero attached hydrogens (tertiary/aromatic N) is 2. The van der Waals surface area contributed by atoms with E-state index in [1.807, 2.05) is 12.1 Å². The summed E-state index contributed by atoms with van der Waals surface area (Å²) in [5.74, 6) is 1.14. The van der Waals surface area contributed by atoms with E-state index >= 15 is 0 Å². The van der Waals surface area contributed by atoms with Crippen molar-refractivity contribution in [1.29, 1.82) is 0 Å². The van der Waals surface area contributed by atoms with Gasteiger partial charge < -0.3 is 15.2 Å². The summed E-state index contributed by atoms with van der Waals surface area (Å²) in [6.45, 7) is 0.952. The minimum absolute atomic E-state index is 0.158. The van der Waals surface area contributed by atoms with E-state index in [4.69, 9.17) is 15.2 Å². The molecule has 0 saturated heterocycles. The zero-order chi connectivity index (χ0) is 14.4. The second-order valence-corrected chi connectivity index (χ2v) is 4.21. The van der Waals surface area contributed by atoms with Crippen LogP contribution in [0.25, 0.3) is 0 Å². The standard InChI is InChI=1S/C14H17N3O3/c1-19-13-6-7-14(18)17(16-13)8-3-9-20-12-5-2-4-11(15)10-12/h2,4-7,10H,3,8-9,15H2,1H3. The van der Waals surface area contributed by atoms with Gasteiger partial charge in [0.05, 0.1) is 13.7 Å². The lowest BCUT2D eigenvalue weighted by Gasteiger charge is -2.08. The normalized spacial score (nSPS) is 10.2. The average molecular weight is 275 g/mol. The van der Waals surface area contributed by atoms with Gasteiger partial charge >= 0.3 is 0 Å². The van der Waals surface area contributed by atoms with Gasteiger partial charge in [-0.3, -0.25) is 4.79 Å². The van der Waals surface area contributed by atoms with Gasteiger partial charge in [-0.15, -0.1) is 5.10 Å². The van der Waals surface area contributed by atoms with Crippen molar-refractivity contribution in [1.82, 2.24) is 9.78 Å². The van der Waals surface area contributed by atoms with Crippen LogP contribution in [0.15, 0.2) is 41.2 Å². The number of nitrogens with two attached hydrogens (primary N) is 1. The molecule has 0 fully saturated rings. The Morgan fingerprint density at radius 3 is 2.90 bits per heavy atom. The van der Waals surface area contributed by atoms with E-state index in [1.54, 1.807) is 18.2 Å². The summed E-state index contributed by atoms with van der Waals surface area (Å²) in [6.07, 6.45) is 0.662. The lowest BCUT2D eigenvalue weighted by molar-refractivity contribution is 0.294. The number of methoxy groups -OCH3 is 1. The van der Waals surface area contributed by atoms with Gasteiger partial charge in [0, 0.05) is 36.9 Å². The van der Waals surface area contributed by atoms with Crippen molar-refractivity contribution in [3.8, 4) is 11.6 Å². The Bertz CT molecular complexity index is 625. The first-order chi connectivity index (χ1) is 9.69. The third kappa shape index (κ3) is 3.74. The number of aryl methyl sites for hydroxylation is 1. The molecule has 0 radical (unpaired) electrons. The van der Waals surface area contributed by atoms with Crippen molar-refractivity contribution in [2.45, 2.75) is 13.0 Å². The smallest absolute Gasteiger partial charge is 0.266 e. The summed E-state index contributed by atoms with van der Waals surface area (Å²) < 4.78 is 11.9. The topological polar surface area (TPSA) is 79.4 Å². The highest BCUT2D eigenvalue weighted by Gasteiger charge is 2.01. The van der Waals surface area contributed by atoms with Gasteiger partial charge in [0.1, 0.15) is 5.75 Å². The maximum Gasteiger partial charge on any atom is 0.266 e. The SMILES string of the molecule is COc1ccc(=O)n(CCCOc2cccc(N)c2)n1. The van der Waals surface area contributed by atoms with Crippen LogP contribution in [0.3, 0.4) is 0 Å². The Labute approximate surface area is 116 Å². The van der Waals surface area contributed by atoms with Crippen LogP contribution >= 0.6 is 0 Å². The monoisotopic (exact) mass is 275 g/mol. The summed E-state index contributed by atoms with van der Waals surface area (Å²) in [6, 6.07) is 10.2. The van der Waals surface area contributed by atoms with Crippen LogP contribution in [0.4, 0.5) is 5.69 Å². The molecule has 0 aliphatic heterocycles. The molecule has 0 saturated carbocycles. The van der Waals surface area contributed by atoms with E-state index in [0.29, 0.717) is 31.1 Å². The van der Waals surface area contributed by atoms with Crippen LogP contribution in [-0.4, -0.2) is 23.5 Å². The van der Waals surface area contributed by atoms with Crippen LogP contribution in [-0.2, 0) is 6.54 Å². The maximum absolute atomic E-state index is 11.6. The van der Waals surface area contributed by atoms with E-state index in [1.165, 1.54) is 17.9 Å². The van der Waals surface area contributed by atoms with Crippen molar-refractivity contribution >= 4 is 5.69 Å². The lowest BCUT2D eigenvalue weighted by atomic mass is 10.3. The maximum atomic E-state index is 11.6. The molecule has 20 heavy (non-hydrogen) atoms. The number of benzene rings is 1. The number of rotatable bonds is 6. The Kier molecular flexibility index (Phi) is 4.60. The van der Waals surface area contributed by atoms with Gasteiger partial charge in [-0.2, -0.15) is 0 Å². The van der Waals surface area contributed by atoms with Crippen LogP contribution in [0.1, 0.15) is 6.42 Å². The second-order valence-electron chi connectivity index (χ2n) is 4.21. The molecule has 0 spiro atoms. The first-order valence-corrected chi connectivity index (χ1v) is 6.29. The quantitative estimate of drug-likeness (QED) is 0.635. The molecule has 0 aliphatic rings. The molecule has 0 aliphatic carbocycles. The third-order valence-corrected chi connectivity index (χ3v) is 2.69. The van der Waals surface area contributed by atoms with Crippen molar-refractivity contribution in [2.75, 3.05) is 19.5 Å². The Balaban J connectivity index is 1.86. The molecule has 1 heterocycles. The summed E-state index contributed by atoms with van der Waals surface area (Å²) in [7, 11) is 1.51. The fraction of sp³-hybridized carbons (Fsp3) is 0.286. The predicted molar refractivity (Wildman–Crippen MR) is 76.0 cm³/mol. The molecule has 2 aromatic rings. The lowest BCUT2D eigenvalue weighted by Crippen LogP contribution is -2.23. The number of hydrogen-bond acceptors (Lipinski definition) is 5. The molecule has 2 N–H and O–H groups in total. The number of aromatic nitrogens is 2. The van der Waals surface area contributed by atoms with Crippen molar-refractivity contribution < 1.29 is 9.47 Å². The molecule has 106 valence electrons. The molecule has 0 atom stereocenters. The van der Waals surface area contributed by atoms with Gasteiger partial charge in [-0.25, -0.2) is 4.68 Å². The summed E-state index contributed by atoms with van der Waals surface area (Å²) >= 11 is 0. The molecule has 6 nitrogen and oxygen atoms in total. The molecule has 2 rings (SSSR count). The van der Waals surface area contributed by atoms with E-state index in [9.17, 15) is 4.79 Å². The summed E-state index contributed by atoms with van der Waals surface area (Å²) in [4.78, 5) is 11.6. The zero-order valence-corrected chi connectivity index (χ0v) is 11.3. The number of nitrogen functional groups attached to an aromatic ring is 1. The zero-order valence-electron chi connectivity index (χ0n) is 11.3. The fourth-order valence-electron chi connectivity index (χ4n) is 1.71. The molecular formula is C14H17N3O3. The highest BCUT2D eigenvalue weighted by molar-refractivity contribution is 5.43. The van der Waals surface area contributed by atoms with Crippen LogP contribution in [0, 0.1) is 0 Å². The van der Waals surface area contributed by atoms with Gasteiger partial charge in [0.2, 0.25) is 5.88 Å². The van der Waals surface area contributed by atoms with E-state index in [2.05, 4.69) is 5.10 Å². The first-order valence-electron chi connectivity index (χ1n) is 6.29. The minimum atomic E-state index is -0.158. The number of hydrogen-bond donors (Lipinski definition) is 1. The van der Waals surface area contributed by atoms with Crippen LogP contribution in [0.5, 0.6) is 11.6 Å². The third-order valence-electron chi connectivity index (χ3n) is 2.69. The summed E-state index contributed by atoms with van der Waals surface area (Å²) in [5.41, 5.74) is 6.16. The van der Waals surface area contributed by atoms with E-state index in [0.717, 1.165) is 5.75 Å². The Morgan fingerprint density at radius 2 is 2.15 bits per heavy atom. The van der Waals surface area contributed by atoms with Gasteiger partial charge in [-0.05, 0) is 12.1 Å². The van der Waals surface area contributed by atoms with Gasteiger partial charge in [0.25, 0.3) is 5.56 Å². The molecule has 6 heteroatoms. The molecule has 0 amide bonds. The fourth-order valence-corrected chi connectivity index (χ4v) is 1.71. The first kappa shape index (κ1) is 13.9. The molecule has 0 bridgehead atoms. The van der Waals surface area contributed by atoms with Crippen molar-refractivity contribution in [3.63, 3.8) is 0 Å². The Hall–Kier alpha value is -2.50. The van der Waals surface area contributed by atoms with E-state index in [-0.39, 0.29) is 5.56 Å². The van der Waals surface area contributed by atoms with Crippen molar-refractivity contribution in [3.05, 3.63) is 46.8 Å². The predicted octanol–water partition coefficient (Wildman–Crippen LogP) is 1.30. The van der Waals surface area contributed by atoms with Gasteiger partial charge in [0.15, 0.2) is 0 Å². The highest BCUT2D eigenvalue weighted by atomic mass is 16.5. The second kappa shape index (κ2) is 6.60. The number of ether oxygens (including phenoxy) is 2. The molecule has 1 aromatic heterocycles. The average Bonchev–Trinajstić information content (AvgIpc) is 2.45. The molecule has 1 aromatic carbocycles. The molecular weight excluding hydrogens is 258 g/mol. The van der Waals surface area contributed by atoms with Crippen LogP contribution in [0.2, 0.25) is 0 Å². The Morgan fingerprint density at radius 1 is 1.30 bits per heavy atom. The van der Waals surface area contributed by atoms with E-state index < -0.39 is 0 Å². The van der Waals surface area contributed by atoms with Crippen molar-refractivity contribution in [2.24, 2.45) is 0 Å². The molecule has 0 unspecified atom stereocenters. The van der Waals surface area contributed by atoms with Crippen LogP contribution < -0.4 is 20.8 Å². The summed E-state index contributed by atoms with van der Waals surface area (Å²) in [5, 5.41) is 4.06. The van der Waals surface area contributed by atoms with Gasteiger partial charge in [-0.1, -0.05) is 6.07 Å². The largest absolute Gasteiger partial charge is 0.493 e. The highest BCUT2D eigenvalue weighted by Crippen LogP contribution is 2.14.